The van der Waals surface area contributed by atoms with E-state index < -0.39 is 21.6 Å². The van der Waals surface area contributed by atoms with Crippen molar-refractivity contribution in [2.24, 2.45) is 5.73 Å². The number of pyridine rings is 1. The lowest BCUT2D eigenvalue weighted by Gasteiger charge is -2.23. The van der Waals surface area contributed by atoms with E-state index in [9.17, 15) is 23.1 Å². The standard InChI is InChI=1S/C18H20N4O5S/c1-9(19)8-22(10-2-3-10)28(26,27)11-4-5-14-12(6-11)15-13(18(24)25)7-20-16(15)17(23)21-14/h4-7,9-10,20H,2-3,8,19H2,1H3,(H,21,23)(H,24,25). The third-order valence-corrected chi connectivity index (χ3v) is 6.79. The molecule has 1 aliphatic carbocycles. The van der Waals surface area contributed by atoms with Crippen molar-refractivity contribution in [2.45, 2.75) is 36.7 Å². The van der Waals surface area contributed by atoms with E-state index in [-0.39, 0.29) is 40.0 Å². The summed E-state index contributed by atoms with van der Waals surface area (Å²) in [4.78, 5) is 29.1. The molecular weight excluding hydrogens is 384 g/mol. The van der Waals surface area contributed by atoms with Crippen LogP contribution >= 0.6 is 0 Å². The van der Waals surface area contributed by atoms with Crippen molar-refractivity contribution >= 4 is 37.8 Å². The number of aromatic nitrogens is 2. The van der Waals surface area contributed by atoms with Gasteiger partial charge in [0.2, 0.25) is 10.0 Å². The first kappa shape index (κ1) is 18.7. The summed E-state index contributed by atoms with van der Waals surface area (Å²) >= 11 is 0. The van der Waals surface area contributed by atoms with Crippen LogP contribution in [0.25, 0.3) is 21.8 Å². The highest BCUT2D eigenvalue weighted by molar-refractivity contribution is 7.89. The van der Waals surface area contributed by atoms with Gasteiger partial charge in [-0.25, -0.2) is 13.2 Å². The van der Waals surface area contributed by atoms with E-state index in [1.807, 2.05) is 0 Å². The van der Waals surface area contributed by atoms with Crippen LogP contribution in [0.15, 0.2) is 34.1 Å². The molecule has 0 radical (unpaired) electrons. The van der Waals surface area contributed by atoms with E-state index >= 15 is 0 Å². The molecule has 0 bridgehead atoms. The molecule has 28 heavy (non-hydrogen) atoms. The second-order valence-electron chi connectivity index (χ2n) is 7.20. The first-order valence-corrected chi connectivity index (χ1v) is 10.3. The average molecular weight is 404 g/mol. The topological polar surface area (TPSA) is 149 Å². The molecule has 0 spiro atoms. The molecule has 1 atom stereocenters. The Hall–Kier alpha value is -2.69. The first-order valence-electron chi connectivity index (χ1n) is 8.88. The summed E-state index contributed by atoms with van der Waals surface area (Å²) in [5, 5.41) is 9.99. The van der Waals surface area contributed by atoms with Crippen molar-refractivity contribution in [3.8, 4) is 0 Å². The van der Waals surface area contributed by atoms with Gasteiger partial charge in [0.25, 0.3) is 5.56 Å². The van der Waals surface area contributed by atoms with Crippen molar-refractivity contribution in [3.05, 3.63) is 40.3 Å². The highest BCUT2D eigenvalue weighted by Crippen LogP contribution is 2.34. The molecule has 1 saturated carbocycles. The molecule has 1 aliphatic rings. The monoisotopic (exact) mass is 404 g/mol. The summed E-state index contributed by atoms with van der Waals surface area (Å²) in [7, 11) is -3.82. The van der Waals surface area contributed by atoms with Gasteiger partial charge in [-0.15, -0.1) is 0 Å². The number of carboxylic acids is 1. The maximum atomic E-state index is 13.2. The van der Waals surface area contributed by atoms with Gasteiger partial charge in [0.1, 0.15) is 5.52 Å². The number of sulfonamides is 1. The van der Waals surface area contributed by atoms with Crippen LogP contribution in [-0.4, -0.2) is 52.4 Å². The average Bonchev–Trinajstić information content (AvgIpc) is 3.35. The summed E-state index contributed by atoms with van der Waals surface area (Å²) < 4.78 is 27.9. The Kier molecular flexibility index (Phi) is 4.29. The van der Waals surface area contributed by atoms with Crippen LogP contribution in [0.4, 0.5) is 0 Å². The fourth-order valence-electron chi connectivity index (χ4n) is 3.46. The van der Waals surface area contributed by atoms with Gasteiger partial charge >= 0.3 is 5.97 Å². The zero-order chi connectivity index (χ0) is 20.2. The number of fused-ring (bicyclic) bond motifs is 3. The van der Waals surface area contributed by atoms with Gasteiger partial charge in [-0.2, -0.15) is 4.31 Å². The molecule has 4 rings (SSSR count). The second-order valence-corrected chi connectivity index (χ2v) is 9.09. The largest absolute Gasteiger partial charge is 0.478 e. The number of hydrogen-bond donors (Lipinski definition) is 4. The summed E-state index contributed by atoms with van der Waals surface area (Å²) in [6.45, 7) is 1.95. The number of rotatable bonds is 6. The fourth-order valence-corrected chi connectivity index (χ4v) is 5.27. The summed E-state index contributed by atoms with van der Waals surface area (Å²) in [6, 6.07) is 3.94. The van der Waals surface area contributed by atoms with E-state index in [1.165, 1.54) is 28.7 Å². The molecule has 0 aliphatic heterocycles. The Morgan fingerprint density at radius 2 is 2.11 bits per heavy atom. The van der Waals surface area contributed by atoms with Crippen molar-refractivity contribution in [1.82, 2.24) is 14.3 Å². The van der Waals surface area contributed by atoms with Crippen LogP contribution in [0, 0.1) is 0 Å². The van der Waals surface area contributed by atoms with Crippen LogP contribution in [-0.2, 0) is 10.0 Å². The predicted molar refractivity (Wildman–Crippen MR) is 104 cm³/mol. The minimum atomic E-state index is -3.82. The summed E-state index contributed by atoms with van der Waals surface area (Å²) in [5.74, 6) is -1.21. The lowest BCUT2D eigenvalue weighted by Crippen LogP contribution is -2.41. The molecule has 1 fully saturated rings. The Morgan fingerprint density at radius 3 is 2.71 bits per heavy atom. The van der Waals surface area contributed by atoms with Gasteiger partial charge in [-0.05, 0) is 38.0 Å². The second kappa shape index (κ2) is 6.43. The van der Waals surface area contributed by atoms with E-state index in [1.54, 1.807) is 6.92 Å². The number of aromatic amines is 2. The van der Waals surface area contributed by atoms with Crippen molar-refractivity contribution in [2.75, 3.05) is 6.54 Å². The molecule has 2 aromatic heterocycles. The summed E-state index contributed by atoms with van der Waals surface area (Å²) in [5.41, 5.74) is 5.74. The zero-order valence-electron chi connectivity index (χ0n) is 15.1. The van der Waals surface area contributed by atoms with E-state index in [2.05, 4.69) is 9.97 Å². The Labute approximate surface area is 160 Å². The van der Waals surface area contributed by atoms with Gasteiger partial charge in [-0.3, -0.25) is 4.79 Å². The summed E-state index contributed by atoms with van der Waals surface area (Å²) in [6.07, 6.45) is 2.81. The molecule has 148 valence electrons. The van der Waals surface area contributed by atoms with E-state index in [0.717, 1.165) is 12.8 Å². The Balaban J connectivity index is 1.95. The molecule has 0 amide bonds. The number of carboxylic acid groups (broad SMARTS) is 1. The van der Waals surface area contributed by atoms with Gasteiger partial charge in [-0.1, -0.05) is 0 Å². The Morgan fingerprint density at radius 1 is 1.39 bits per heavy atom. The Bertz CT molecular complexity index is 1250. The number of nitrogens with one attached hydrogen (secondary N) is 2. The molecule has 3 aromatic rings. The SMILES string of the molecule is CC(N)CN(C1CC1)S(=O)(=O)c1ccc2[nH]c(=O)c3[nH]cc(C(=O)O)c3c2c1. The number of benzene rings is 1. The van der Waals surface area contributed by atoms with Gasteiger partial charge < -0.3 is 20.8 Å². The van der Waals surface area contributed by atoms with Crippen LogP contribution in [0.3, 0.4) is 0 Å². The lowest BCUT2D eigenvalue weighted by atomic mass is 10.1. The molecular formula is C18H20N4O5S. The van der Waals surface area contributed by atoms with E-state index in [4.69, 9.17) is 5.73 Å². The number of nitrogens with zero attached hydrogens (tertiary/aromatic N) is 1. The molecule has 1 unspecified atom stereocenters. The number of hydrogen-bond acceptors (Lipinski definition) is 5. The number of H-pyrrole nitrogens is 2. The highest BCUT2D eigenvalue weighted by atomic mass is 32.2. The molecule has 10 heteroatoms. The van der Waals surface area contributed by atoms with Crippen molar-refractivity contribution < 1.29 is 18.3 Å². The maximum absolute atomic E-state index is 13.2. The van der Waals surface area contributed by atoms with E-state index in [0.29, 0.717) is 10.9 Å². The van der Waals surface area contributed by atoms with Crippen molar-refractivity contribution in [1.29, 1.82) is 0 Å². The zero-order valence-corrected chi connectivity index (χ0v) is 15.9. The first-order chi connectivity index (χ1) is 13.2. The fraction of sp³-hybridized carbons (Fsp3) is 0.333. The molecule has 2 heterocycles. The van der Waals surface area contributed by atoms with Crippen molar-refractivity contribution in [3.63, 3.8) is 0 Å². The number of carbonyl (C=O) groups is 1. The number of nitrogens with two attached hydrogens (primary N) is 1. The molecule has 5 N–H and O–H groups in total. The quantitative estimate of drug-likeness (QED) is 0.485. The van der Waals surface area contributed by atoms with Gasteiger partial charge in [0.15, 0.2) is 0 Å². The predicted octanol–water partition coefficient (Wildman–Crippen LogP) is 1.21. The highest BCUT2D eigenvalue weighted by Gasteiger charge is 2.38. The number of aromatic carboxylic acids is 1. The van der Waals surface area contributed by atoms with Gasteiger partial charge in [0.05, 0.1) is 10.5 Å². The molecule has 0 saturated heterocycles. The molecule has 9 nitrogen and oxygen atoms in total. The normalized spacial score (nSPS) is 16.1. The third-order valence-electron chi connectivity index (χ3n) is 4.87. The minimum Gasteiger partial charge on any atom is -0.478 e. The van der Waals surface area contributed by atoms with Crippen LogP contribution < -0.4 is 11.3 Å². The minimum absolute atomic E-state index is 0.0402. The van der Waals surface area contributed by atoms with Crippen LogP contribution in [0.2, 0.25) is 0 Å². The lowest BCUT2D eigenvalue weighted by molar-refractivity contribution is 0.0699. The van der Waals surface area contributed by atoms with Crippen LogP contribution in [0.1, 0.15) is 30.1 Å². The van der Waals surface area contributed by atoms with Gasteiger partial charge in [0, 0.05) is 41.1 Å². The smallest absolute Gasteiger partial charge is 0.337 e. The third kappa shape index (κ3) is 2.99. The van der Waals surface area contributed by atoms with Crippen LogP contribution in [0.5, 0.6) is 0 Å². The molecule has 1 aromatic carbocycles. The maximum Gasteiger partial charge on any atom is 0.337 e.